The monoisotopic (exact) mass is 358 g/mol. The molecule has 0 atom stereocenters. The molecule has 2 aromatic heterocycles. The van der Waals surface area contributed by atoms with Crippen LogP contribution < -0.4 is 21.5 Å². The number of aromatic amines is 2. The zero-order valence-electron chi connectivity index (χ0n) is 14.0. The fourth-order valence-corrected chi connectivity index (χ4v) is 3.12. The third-order valence-corrected chi connectivity index (χ3v) is 4.55. The number of rotatable bonds is 5. The fourth-order valence-electron chi connectivity index (χ4n) is 3.12. The van der Waals surface area contributed by atoms with Gasteiger partial charge in [0.15, 0.2) is 0 Å². The fraction of sp³-hybridized carbons (Fsp3) is 0.0526. The number of nitrogens with one attached hydrogen (secondary N) is 4. The van der Waals surface area contributed by atoms with Gasteiger partial charge in [-0.25, -0.2) is 9.97 Å². The molecule has 3 aromatic carbocycles. The Balaban J connectivity index is 1.38. The highest BCUT2D eigenvalue weighted by atomic mass is 16.2. The smallest absolute Gasteiger partial charge is 0.253 e. The van der Waals surface area contributed by atoms with E-state index in [0.29, 0.717) is 17.9 Å². The van der Waals surface area contributed by atoms with Crippen molar-refractivity contribution in [2.24, 2.45) is 0 Å². The first-order valence-corrected chi connectivity index (χ1v) is 8.38. The molecule has 5 aromatic rings. The van der Waals surface area contributed by atoms with E-state index in [0.717, 1.165) is 27.6 Å². The predicted molar refractivity (Wildman–Crippen MR) is 104 cm³/mol. The van der Waals surface area contributed by atoms with Gasteiger partial charge in [0.2, 0.25) is 0 Å². The first kappa shape index (κ1) is 15.3. The second-order valence-electron chi connectivity index (χ2n) is 6.28. The highest BCUT2D eigenvalue weighted by molar-refractivity contribution is 5.84. The van der Waals surface area contributed by atoms with Crippen molar-refractivity contribution in [3.63, 3.8) is 0 Å². The van der Waals surface area contributed by atoms with Gasteiger partial charge in [0.1, 0.15) is 11.4 Å². The number of fused-ring (bicyclic) bond motifs is 2. The van der Waals surface area contributed by atoms with Crippen molar-refractivity contribution in [1.29, 1.82) is 0 Å². The summed E-state index contributed by atoms with van der Waals surface area (Å²) in [5, 5.41) is 6.10. The van der Waals surface area contributed by atoms with Gasteiger partial charge in [-0.15, -0.1) is 0 Å². The van der Waals surface area contributed by atoms with E-state index in [1.54, 1.807) is 12.7 Å². The van der Waals surface area contributed by atoms with E-state index in [1.807, 2.05) is 36.4 Å². The van der Waals surface area contributed by atoms with Gasteiger partial charge in [-0.05, 0) is 35.9 Å². The highest BCUT2D eigenvalue weighted by Crippen LogP contribution is 2.23. The van der Waals surface area contributed by atoms with Gasteiger partial charge in [-0.2, -0.15) is 0 Å². The maximum absolute atomic E-state index is 12.0. The average Bonchev–Trinajstić information content (AvgIpc) is 3.35. The zero-order valence-corrected chi connectivity index (χ0v) is 14.0. The lowest BCUT2D eigenvalue weighted by molar-refractivity contribution is 1.13. The summed E-state index contributed by atoms with van der Waals surface area (Å²) in [6.45, 7) is 0.425. The van der Waals surface area contributed by atoms with Crippen LogP contribution in [0.1, 0.15) is 5.56 Å². The van der Waals surface area contributed by atoms with E-state index in [9.17, 15) is 9.59 Å². The van der Waals surface area contributed by atoms with Gasteiger partial charge in [0.05, 0.1) is 34.7 Å². The molecule has 0 saturated carbocycles. The first-order valence-electron chi connectivity index (χ1n) is 8.38. The van der Waals surface area contributed by atoms with Crippen molar-refractivity contribution in [2.45, 2.75) is 6.54 Å². The Morgan fingerprint density at radius 2 is 1.48 bits per heavy atom. The zero-order chi connectivity index (χ0) is 18.4. The molecule has 8 heteroatoms. The van der Waals surface area contributed by atoms with E-state index in [4.69, 9.17) is 0 Å². The molecule has 0 aliphatic carbocycles. The molecule has 2 heterocycles. The van der Waals surface area contributed by atoms with Crippen LogP contribution in [-0.4, -0.2) is 19.9 Å². The molecule has 0 spiro atoms. The van der Waals surface area contributed by atoms with Gasteiger partial charge in [0.25, 0.3) is 10.9 Å². The molecule has 0 saturated heterocycles. The SMILES string of the molecule is O=c1c(NCc2ccc3nc[nH]c3c2)c(Nc2ccc3nc[nH]c3c2)c1=O. The molecule has 132 valence electrons. The summed E-state index contributed by atoms with van der Waals surface area (Å²) in [4.78, 5) is 38.4. The molecule has 4 N–H and O–H groups in total. The normalized spacial score (nSPS) is 11.4. The van der Waals surface area contributed by atoms with Gasteiger partial charge in [0, 0.05) is 12.2 Å². The summed E-state index contributed by atoms with van der Waals surface area (Å²) < 4.78 is 0. The standard InChI is InChI=1S/C19H14N6O2/c26-18-16(20-7-10-1-3-12-14(5-10)23-8-21-12)17(19(18)27)25-11-2-4-13-15(6-11)24-9-22-13/h1-6,8-9,20,25H,7H2,(H,21,23)(H,22,24). The van der Waals surface area contributed by atoms with Crippen LogP contribution in [0.3, 0.4) is 0 Å². The van der Waals surface area contributed by atoms with Gasteiger partial charge in [-0.3, -0.25) is 9.59 Å². The summed E-state index contributed by atoms with van der Waals surface area (Å²) in [5.41, 5.74) is 4.71. The molecule has 0 aliphatic heterocycles. The van der Waals surface area contributed by atoms with E-state index in [2.05, 4.69) is 30.6 Å². The Kier molecular flexibility index (Phi) is 3.29. The Morgan fingerprint density at radius 3 is 2.26 bits per heavy atom. The van der Waals surface area contributed by atoms with Crippen molar-refractivity contribution in [3.05, 3.63) is 75.1 Å². The maximum Gasteiger partial charge on any atom is 0.253 e. The lowest BCUT2D eigenvalue weighted by Crippen LogP contribution is -2.36. The van der Waals surface area contributed by atoms with Crippen LogP contribution in [0.25, 0.3) is 22.1 Å². The summed E-state index contributed by atoms with van der Waals surface area (Å²) >= 11 is 0. The van der Waals surface area contributed by atoms with Crippen LogP contribution in [0.5, 0.6) is 0 Å². The predicted octanol–water partition coefficient (Wildman–Crippen LogP) is 2.39. The molecule has 0 amide bonds. The largest absolute Gasteiger partial charge is 0.376 e. The average molecular weight is 358 g/mol. The number of H-pyrrole nitrogens is 2. The van der Waals surface area contributed by atoms with E-state index in [-0.39, 0.29) is 5.69 Å². The summed E-state index contributed by atoms with van der Waals surface area (Å²) in [5.74, 6) is 0. The molecule has 0 fully saturated rings. The second-order valence-corrected chi connectivity index (χ2v) is 6.28. The Hall–Kier alpha value is -3.94. The molecule has 0 bridgehead atoms. The number of anilines is 3. The van der Waals surface area contributed by atoms with Gasteiger partial charge in [-0.1, -0.05) is 6.07 Å². The molecule has 0 radical (unpaired) electrons. The number of imidazole rings is 2. The van der Waals surface area contributed by atoms with Crippen LogP contribution in [0.2, 0.25) is 0 Å². The van der Waals surface area contributed by atoms with Crippen LogP contribution in [-0.2, 0) is 6.54 Å². The van der Waals surface area contributed by atoms with Gasteiger partial charge < -0.3 is 20.6 Å². The van der Waals surface area contributed by atoms with Crippen molar-refractivity contribution in [1.82, 2.24) is 19.9 Å². The third-order valence-electron chi connectivity index (χ3n) is 4.55. The number of benzene rings is 2. The minimum Gasteiger partial charge on any atom is -0.376 e. The Morgan fingerprint density at radius 1 is 0.815 bits per heavy atom. The quantitative estimate of drug-likeness (QED) is 0.359. The molecule has 27 heavy (non-hydrogen) atoms. The van der Waals surface area contributed by atoms with Crippen molar-refractivity contribution in [2.75, 3.05) is 10.6 Å². The summed E-state index contributed by atoms with van der Waals surface area (Å²) in [7, 11) is 0. The van der Waals surface area contributed by atoms with Gasteiger partial charge >= 0.3 is 0 Å². The molecule has 8 nitrogen and oxygen atoms in total. The minimum atomic E-state index is -0.522. The summed E-state index contributed by atoms with van der Waals surface area (Å²) in [6, 6.07) is 11.3. The van der Waals surface area contributed by atoms with Crippen molar-refractivity contribution < 1.29 is 0 Å². The third kappa shape index (κ3) is 2.54. The number of nitrogens with zero attached hydrogens (tertiary/aromatic N) is 2. The topological polar surface area (TPSA) is 116 Å². The minimum absolute atomic E-state index is 0.279. The van der Waals surface area contributed by atoms with Crippen molar-refractivity contribution in [3.8, 4) is 0 Å². The van der Waals surface area contributed by atoms with Crippen molar-refractivity contribution >= 4 is 39.1 Å². The Labute approximate surface area is 152 Å². The molecule has 0 aliphatic rings. The summed E-state index contributed by atoms with van der Waals surface area (Å²) in [6.07, 6.45) is 3.24. The van der Waals surface area contributed by atoms with Crippen LogP contribution in [0, 0.1) is 0 Å². The van der Waals surface area contributed by atoms with Crippen LogP contribution in [0.15, 0.2) is 58.6 Å². The highest BCUT2D eigenvalue weighted by Gasteiger charge is 2.21. The first-order chi connectivity index (χ1) is 13.2. The Bertz CT molecular complexity index is 1360. The van der Waals surface area contributed by atoms with Crippen LogP contribution >= 0.6 is 0 Å². The molecular formula is C19H14N6O2. The number of hydrogen-bond acceptors (Lipinski definition) is 6. The maximum atomic E-state index is 12.0. The molecule has 5 rings (SSSR count). The second kappa shape index (κ2) is 5.80. The molecule has 0 unspecified atom stereocenters. The van der Waals surface area contributed by atoms with E-state index in [1.165, 1.54) is 0 Å². The lowest BCUT2D eigenvalue weighted by Gasteiger charge is -2.15. The number of hydrogen-bond donors (Lipinski definition) is 4. The van der Waals surface area contributed by atoms with E-state index < -0.39 is 10.9 Å². The lowest BCUT2D eigenvalue weighted by atomic mass is 10.1. The van der Waals surface area contributed by atoms with Crippen LogP contribution in [0.4, 0.5) is 17.1 Å². The molecular weight excluding hydrogens is 344 g/mol. The van der Waals surface area contributed by atoms with E-state index >= 15 is 0 Å². The number of aromatic nitrogens is 4.